The molecule has 0 aliphatic heterocycles. The van der Waals surface area contributed by atoms with E-state index >= 15 is 0 Å². The Balaban J connectivity index is 4.38. The third-order valence-corrected chi connectivity index (χ3v) is 13.1. The maximum Gasteiger partial charge on any atom is 0.306 e. The lowest BCUT2D eigenvalue weighted by atomic mass is 10.0. The predicted molar refractivity (Wildman–Crippen MR) is 334 cm³/mol. The third-order valence-electron chi connectivity index (χ3n) is 13.1. The van der Waals surface area contributed by atoms with Crippen LogP contribution in [0.5, 0.6) is 0 Å². The van der Waals surface area contributed by atoms with E-state index < -0.39 is 6.10 Å². The molecule has 0 bridgehead atoms. The number of hydrogen-bond donors (Lipinski definition) is 0. The van der Waals surface area contributed by atoms with Crippen molar-refractivity contribution in [2.75, 3.05) is 13.2 Å². The van der Waals surface area contributed by atoms with Crippen molar-refractivity contribution in [3.05, 3.63) is 134 Å². The molecule has 77 heavy (non-hydrogen) atoms. The lowest BCUT2D eigenvalue weighted by molar-refractivity contribution is -0.167. The van der Waals surface area contributed by atoms with Crippen LogP contribution in [-0.2, 0) is 28.6 Å². The Bertz CT molecular complexity index is 1650. The van der Waals surface area contributed by atoms with E-state index in [0.29, 0.717) is 19.3 Å². The molecule has 0 saturated heterocycles. The Labute approximate surface area is 475 Å². The fourth-order valence-corrected chi connectivity index (χ4v) is 8.44. The number of esters is 3. The average molecular weight is 1070 g/mol. The molecule has 1 unspecified atom stereocenters. The van der Waals surface area contributed by atoms with Gasteiger partial charge in [0.15, 0.2) is 6.10 Å². The van der Waals surface area contributed by atoms with Crippen molar-refractivity contribution < 1.29 is 28.6 Å². The molecule has 0 aliphatic carbocycles. The summed E-state index contributed by atoms with van der Waals surface area (Å²) in [5.74, 6) is -0.929. The van der Waals surface area contributed by atoms with Gasteiger partial charge < -0.3 is 14.2 Å². The van der Waals surface area contributed by atoms with Crippen molar-refractivity contribution >= 4 is 17.9 Å². The normalized spacial score (nSPS) is 13.0. The molecule has 0 saturated carbocycles. The summed E-state index contributed by atoms with van der Waals surface area (Å²) in [5.41, 5.74) is 0. The van der Waals surface area contributed by atoms with Crippen LogP contribution in [0.3, 0.4) is 0 Å². The molecule has 1 atom stereocenters. The summed E-state index contributed by atoms with van der Waals surface area (Å²) >= 11 is 0. The van der Waals surface area contributed by atoms with Crippen molar-refractivity contribution in [3.63, 3.8) is 0 Å². The first-order chi connectivity index (χ1) is 38.0. The molecule has 0 aromatic rings. The van der Waals surface area contributed by atoms with Crippen LogP contribution in [0.15, 0.2) is 134 Å². The quantitative estimate of drug-likeness (QED) is 0.0261. The van der Waals surface area contributed by atoms with Gasteiger partial charge in [0.1, 0.15) is 13.2 Å². The van der Waals surface area contributed by atoms with Crippen LogP contribution in [0, 0.1) is 0 Å². The van der Waals surface area contributed by atoms with Gasteiger partial charge in [-0.2, -0.15) is 0 Å². The molecule has 436 valence electrons. The van der Waals surface area contributed by atoms with Gasteiger partial charge in [-0.15, -0.1) is 0 Å². The summed E-state index contributed by atoms with van der Waals surface area (Å²) in [4.78, 5) is 38.3. The highest BCUT2D eigenvalue weighted by molar-refractivity contribution is 5.71. The molecule has 0 aliphatic rings. The summed E-state index contributed by atoms with van der Waals surface area (Å²) < 4.78 is 16.9. The molecule has 0 aromatic heterocycles. The zero-order valence-corrected chi connectivity index (χ0v) is 49.9. The van der Waals surface area contributed by atoms with Crippen molar-refractivity contribution in [1.82, 2.24) is 0 Å². The molecule has 6 nitrogen and oxygen atoms in total. The summed E-state index contributed by atoms with van der Waals surface area (Å²) in [6.07, 6.45) is 90.2. The van der Waals surface area contributed by atoms with Crippen molar-refractivity contribution in [1.29, 1.82) is 0 Å². The number of carbonyl (C=O) groups is 3. The SMILES string of the molecule is CC/C=C\C/C=C\C/C=C\C/C=C\C/C=C\CCCCCCCC(=O)OC(COC(=O)CCCCCCC/C=C\C/C=C\CCC)COC(=O)CCCCCCCCCCCCCC/C=C\C/C=C\C/C=C\C/C=C\CC. The van der Waals surface area contributed by atoms with Gasteiger partial charge in [0.2, 0.25) is 0 Å². The third kappa shape index (κ3) is 62.3. The molecule has 0 aromatic carbocycles. The predicted octanol–water partition coefficient (Wildman–Crippen LogP) is 21.8. The van der Waals surface area contributed by atoms with E-state index in [4.69, 9.17) is 14.2 Å². The highest BCUT2D eigenvalue weighted by atomic mass is 16.6. The van der Waals surface area contributed by atoms with E-state index in [-0.39, 0.29) is 31.1 Å². The minimum absolute atomic E-state index is 0.0948. The zero-order valence-electron chi connectivity index (χ0n) is 49.9. The van der Waals surface area contributed by atoms with Crippen LogP contribution >= 0.6 is 0 Å². The fraction of sp³-hybridized carbons (Fsp3) is 0.648. The second kappa shape index (κ2) is 64.1. The zero-order chi connectivity index (χ0) is 55.7. The smallest absolute Gasteiger partial charge is 0.306 e. The molecule has 0 heterocycles. The van der Waals surface area contributed by atoms with Gasteiger partial charge in [-0.3, -0.25) is 14.4 Å². The lowest BCUT2D eigenvalue weighted by Crippen LogP contribution is -2.30. The molecule has 6 heteroatoms. The Morgan fingerprint density at radius 1 is 0.273 bits per heavy atom. The standard InChI is InChI=1S/C71H116O6/c1-4-7-10-13-16-19-22-25-27-29-31-33-34-35-36-38-39-41-43-46-49-52-55-58-61-64-70(73)76-67-68(66-75-69(72)63-60-57-54-51-48-45-24-21-18-15-12-9-6-3)77-71(74)65-62-59-56-53-50-47-44-42-40-37-32-30-28-26-23-20-17-14-11-8-5-2/h7-8,10-12,15-17,19-21,24-28,31-33,37,42,44,68H,4-6,9,13-14,18,22-23,29-30,34-36,38-41,43,45-67H2,1-3H3/b10-7-,11-8-,15-12-,19-16-,20-17-,24-21-,27-25-,28-26-,33-31-,37-32-,44-42-. The second-order valence-corrected chi connectivity index (χ2v) is 20.5. The van der Waals surface area contributed by atoms with Crippen molar-refractivity contribution in [2.24, 2.45) is 0 Å². The Morgan fingerprint density at radius 3 is 0.792 bits per heavy atom. The largest absolute Gasteiger partial charge is 0.462 e. The van der Waals surface area contributed by atoms with Crippen LogP contribution in [-0.4, -0.2) is 37.2 Å². The topological polar surface area (TPSA) is 78.9 Å². The van der Waals surface area contributed by atoms with E-state index in [1.54, 1.807) is 0 Å². The first-order valence-electron chi connectivity index (χ1n) is 31.7. The highest BCUT2D eigenvalue weighted by Gasteiger charge is 2.19. The maximum atomic E-state index is 12.9. The van der Waals surface area contributed by atoms with Crippen LogP contribution in [0.4, 0.5) is 0 Å². The van der Waals surface area contributed by atoms with Gasteiger partial charge in [-0.25, -0.2) is 0 Å². The number of allylic oxidation sites excluding steroid dienone is 22. The first-order valence-corrected chi connectivity index (χ1v) is 31.7. The molecule has 0 N–H and O–H groups in total. The van der Waals surface area contributed by atoms with E-state index in [0.717, 1.165) is 167 Å². The summed E-state index contributed by atoms with van der Waals surface area (Å²) in [7, 11) is 0. The second-order valence-electron chi connectivity index (χ2n) is 20.5. The summed E-state index contributed by atoms with van der Waals surface area (Å²) in [5, 5.41) is 0. The average Bonchev–Trinajstić information content (AvgIpc) is 3.43. The summed E-state index contributed by atoms with van der Waals surface area (Å²) in [6.45, 7) is 6.33. The minimum Gasteiger partial charge on any atom is -0.462 e. The fourth-order valence-electron chi connectivity index (χ4n) is 8.44. The number of unbranched alkanes of at least 4 members (excludes halogenated alkanes) is 23. The van der Waals surface area contributed by atoms with Crippen LogP contribution in [0.2, 0.25) is 0 Å². The minimum atomic E-state index is -0.801. The lowest BCUT2D eigenvalue weighted by Gasteiger charge is -2.18. The molecular formula is C71H116O6. The van der Waals surface area contributed by atoms with E-state index in [1.165, 1.54) is 70.6 Å². The highest BCUT2D eigenvalue weighted by Crippen LogP contribution is 2.15. The van der Waals surface area contributed by atoms with E-state index in [9.17, 15) is 14.4 Å². The number of hydrogen-bond acceptors (Lipinski definition) is 6. The van der Waals surface area contributed by atoms with Gasteiger partial charge >= 0.3 is 17.9 Å². The Kier molecular flexibility index (Phi) is 60.4. The van der Waals surface area contributed by atoms with Gasteiger partial charge in [0.25, 0.3) is 0 Å². The molecule has 0 amide bonds. The van der Waals surface area contributed by atoms with E-state index in [1.807, 2.05) is 0 Å². The monoisotopic (exact) mass is 1060 g/mol. The number of ether oxygens (including phenoxy) is 3. The van der Waals surface area contributed by atoms with Crippen molar-refractivity contribution in [3.8, 4) is 0 Å². The van der Waals surface area contributed by atoms with Crippen LogP contribution in [0.1, 0.15) is 278 Å². The van der Waals surface area contributed by atoms with Crippen LogP contribution < -0.4 is 0 Å². The summed E-state index contributed by atoms with van der Waals surface area (Å²) in [6, 6.07) is 0. The Morgan fingerprint density at radius 2 is 0.506 bits per heavy atom. The molecule has 0 spiro atoms. The van der Waals surface area contributed by atoms with Gasteiger partial charge in [-0.05, 0) is 128 Å². The van der Waals surface area contributed by atoms with Gasteiger partial charge in [0.05, 0.1) is 0 Å². The number of carbonyl (C=O) groups excluding carboxylic acids is 3. The van der Waals surface area contributed by atoms with Crippen molar-refractivity contribution in [2.45, 2.75) is 284 Å². The molecule has 0 fully saturated rings. The molecular weight excluding hydrogens is 949 g/mol. The van der Waals surface area contributed by atoms with Gasteiger partial charge in [0, 0.05) is 19.3 Å². The maximum absolute atomic E-state index is 12.9. The Hall–Kier alpha value is -4.45. The molecule has 0 radical (unpaired) electrons. The van der Waals surface area contributed by atoms with Crippen LogP contribution in [0.25, 0.3) is 0 Å². The first kappa shape index (κ1) is 72.5. The van der Waals surface area contributed by atoms with E-state index in [2.05, 4.69) is 154 Å². The molecule has 0 rings (SSSR count). The number of rotatable bonds is 56. The van der Waals surface area contributed by atoms with Gasteiger partial charge in [-0.1, -0.05) is 264 Å².